The van der Waals surface area contributed by atoms with Crippen molar-refractivity contribution >= 4 is 5.91 Å². The van der Waals surface area contributed by atoms with E-state index in [9.17, 15) is 4.79 Å². The quantitative estimate of drug-likeness (QED) is 0.405. The minimum atomic E-state index is 0.180. The molecule has 0 saturated carbocycles. The third-order valence-electron chi connectivity index (χ3n) is 5.97. The molecule has 6 nitrogen and oxygen atoms in total. The number of likely N-dealkylation sites (tertiary alicyclic amines) is 1. The van der Waals surface area contributed by atoms with Crippen LogP contribution in [-0.2, 0) is 17.8 Å². The highest BCUT2D eigenvalue weighted by Gasteiger charge is 2.32. The molecule has 33 heavy (non-hydrogen) atoms. The van der Waals surface area contributed by atoms with E-state index in [-0.39, 0.29) is 11.9 Å². The van der Waals surface area contributed by atoms with Crippen molar-refractivity contribution in [2.75, 3.05) is 13.1 Å². The molecule has 0 aliphatic carbocycles. The molecule has 3 aromatic carbocycles. The van der Waals surface area contributed by atoms with Gasteiger partial charge in [-0.15, -0.1) is 5.10 Å². The maximum atomic E-state index is 12.6. The molecule has 1 amide bonds. The van der Waals surface area contributed by atoms with Crippen LogP contribution in [-0.4, -0.2) is 38.9 Å². The number of aryl methyl sites for hydroxylation is 1. The van der Waals surface area contributed by atoms with E-state index in [0.717, 1.165) is 34.6 Å². The van der Waals surface area contributed by atoms with Gasteiger partial charge in [-0.2, -0.15) is 0 Å². The molecule has 1 saturated heterocycles. The number of carbonyl (C=O) groups excluding carboxylic acids is 1. The molecule has 0 radical (unpaired) electrons. The molecule has 0 N–H and O–H groups in total. The Hall–Kier alpha value is -3.93. The van der Waals surface area contributed by atoms with E-state index in [1.165, 1.54) is 0 Å². The number of hydrogen-bond donors (Lipinski definition) is 0. The minimum absolute atomic E-state index is 0.180. The highest BCUT2D eigenvalue weighted by Crippen LogP contribution is 2.24. The van der Waals surface area contributed by atoms with Crippen molar-refractivity contribution in [3.05, 3.63) is 102 Å². The van der Waals surface area contributed by atoms with Gasteiger partial charge in [-0.25, -0.2) is 4.68 Å². The lowest BCUT2D eigenvalue weighted by molar-refractivity contribution is -0.137. The molecule has 2 heterocycles. The van der Waals surface area contributed by atoms with Gasteiger partial charge in [0.1, 0.15) is 18.1 Å². The summed E-state index contributed by atoms with van der Waals surface area (Å²) in [5.41, 5.74) is 4.18. The van der Waals surface area contributed by atoms with Gasteiger partial charge in [0.15, 0.2) is 0 Å². The van der Waals surface area contributed by atoms with E-state index in [1.54, 1.807) is 0 Å². The highest BCUT2D eigenvalue weighted by atomic mass is 16.5. The van der Waals surface area contributed by atoms with Crippen LogP contribution in [0.4, 0.5) is 0 Å². The number of amides is 1. The summed E-state index contributed by atoms with van der Waals surface area (Å²) in [7, 11) is 0. The molecule has 1 aromatic heterocycles. The Morgan fingerprint density at radius 1 is 0.879 bits per heavy atom. The zero-order chi connectivity index (χ0) is 22.5. The van der Waals surface area contributed by atoms with Crippen molar-refractivity contribution in [1.82, 2.24) is 19.9 Å². The Bertz CT molecular complexity index is 1180. The van der Waals surface area contributed by atoms with E-state index in [0.29, 0.717) is 26.1 Å². The smallest absolute Gasteiger partial charge is 0.223 e. The van der Waals surface area contributed by atoms with Crippen LogP contribution >= 0.6 is 0 Å². The lowest BCUT2D eigenvalue weighted by Crippen LogP contribution is -2.50. The van der Waals surface area contributed by atoms with E-state index in [2.05, 4.69) is 10.3 Å². The molecule has 0 atom stereocenters. The van der Waals surface area contributed by atoms with Gasteiger partial charge in [-0.05, 0) is 29.7 Å². The molecule has 4 aromatic rings. The summed E-state index contributed by atoms with van der Waals surface area (Å²) in [6.45, 7) is 1.92. The zero-order valence-corrected chi connectivity index (χ0v) is 18.4. The maximum absolute atomic E-state index is 12.6. The van der Waals surface area contributed by atoms with E-state index in [4.69, 9.17) is 4.74 Å². The van der Waals surface area contributed by atoms with E-state index in [1.807, 2.05) is 101 Å². The van der Waals surface area contributed by atoms with Crippen LogP contribution in [0.3, 0.4) is 0 Å². The van der Waals surface area contributed by atoms with Gasteiger partial charge in [0, 0.05) is 25.1 Å². The second-order valence-corrected chi connectivity index (χ2v) is 8.32. The Morgan fingerprint density at radius 2 is 1.58 bits per heavy atom. The van der Waals surface area contributed by atoms with E-state index < -0.39 is 0 Å². The summed E-state index contributed by atoms with van der Waals surface area (Å²) in [6.07, 6.45) is 3.19. The molecule has 1 fully saturated rings. The van der Waals surface area contributed by atoms with Crippen molar-refractivity contribution in [2.45, 2.75) is 25.5 Å². The fourth-order valence-corrected chi connectivity index (χ4v) is 3.93. The average molecular weight is 439 g/mol. The Kier molecular flexibility index (Phi) is 6.15. The Morgan fingerprint density at radius 3 is 2.30 bits per heavy atom. The monoisotopic (exact) mass is 438 g/mol. The maximum Gasteiger partial charge on any atom is 0.223 e. The van der Waals surface area contributed by atoms with Crippen LogP contribution in [0, 0.1) is 0 Å². The number of rotatable bonds is 8. The third kappa shape index (κ3) is 5.12. The number of benzene rings is 3. The number of aromatic nitrogens is 3. The molecule has 1 aliphatic rings. The second kappa shape index (κ2) is 9.69. The second-order valence-electron chi connectivity index (χ2n) is 8.32. The molecule has 1 aliphatic heterocycles. The number of nitrogens with zero attached hydrogens (tertiary/aromatic N) is 4. The van der Waals surface area contributed by atoms with Gasteiger partial charge in [-0.1, -0.05) is 78.0 Å². The number of hydrogen-bond acceptors (Lipinski definition) is 4. The van der Waals surface area contributed by atoms with Crippen LogP contribution in [0.25, 0.3) is 11.3 Å². The van der Waals surface area contributed by atoms with Crippen LogP contribution in [0.15, 0.2) is 91.1 Å². The van der Waals surface area contributed by atoms with Gasteiger partial charge in [0.05, 0.1) is 12.2 Å². The SMILES string of the molecule is O=C(CCc1ccc(OCc2ccccc2)cc1)N1CC(n2cc(-c3ccccc3)nn2)C1. The van der Waals surface area contributed by atoms with Gasteiger partial charge in [0.25, 0.3) is 0 Å². The first-order chi connectivity index (χ1) is 16.2. The molecule has 166 valence electrons. The van der Waals surface area contributed by atoms with E-state index >= 15 is 0 Å². The molecule has 5 rings (SSSR count). The van der Waals surface area contributed by atoms with Crippen molar-refractivity contribution in [3.8, 4) is 17.0 Å². The predicted molar refractivity (Wildman–Crippen MR) is 127 cm³/mol. The largest absolute Gasteiger partial charge is 0.489 e. The highest BCUT2D eigenvalue weighted by molar-refractivity contribution is 5.77. The van der Waals surface area contributed by atoms with Crippen molar-refractivity contribution < 1.29 is 9.53 Å². The van der Waals surface area contributed by atoms with Gasteiger partial charge in [-0.3, -0.25) is 4.79 Å². The summed E-state index contributed by atoms with van der Waals surface area (Å²) < 4.78 is 7.71. The van der Waals surface area contributed by atoms with Gasteiger partial charge >= 0.3 is 0 Å². The van der Waals surface area contributed by atoms with Crippen molar-refractivity contribution in [1.29, 1.82) is 0 Å². The third-order valence-corrected chi connectivity index (χ3v) is 5.97. The summed E-state index contributed by atoms with van der Waals surface area (Å²) in [4.78, 5) is 14.5. The summed E-state index contributed by atoms with van der Waals surface area (Å²) in [5, 5.41) is 8.53. The molecular weight excluding hydrogens is 412 g/mol. The van der Waals surface area contributed by atoms with Crippen LogP contribution < -0.4 is 4.74 Å². The van der Waals surface area contributed by atoms with Gasteiger partial charge in [0.2, 0.25) is 5.91 Å². The summed E-state index contributed by atoms with van der Waals surface area (Å²) in [5.74, 6) is 1.02. The molecule has 0 unspecified atom stereocenters. The van der Waals surface area contributed by atoms with Gasteiger partial charge < -0.3 is 9.64 Å². The van der Waals surface area contributed by atoms with Crippen molar-refractivity contribution in [3.63, 3.8) is 0 Å². The molecular formula is C27H26N4O2. The molecule has 0 spiro atoms. The number of ether oxygens (including phenoxy) is 1. The number of carbonyl (C=O) groups is 1. The molecule has 6 heteroatoms. The van der Waals surface area contributed by atoms with Crippen molar-refractivity contribution in [2.24, 2.45) is 0 Å². The minimum Gasteiger partial charge on any atom is -0.489 e. The molecule has 0 bridgehead atoms. The lowest BCUT2D eigenvalue weighted by Gasteiger charge is -2.39. The van der Waals surface area contributed by atoms with Crippen LogP contribution in [0.2, 0.25) is 0 Å². The first-order valence-corrected chi connectivity index (χ1v) is 11.3. The normalized spacial score (nSPS) is 13.5. The topological polar surface area (TPSA) is 60.2 Å². The average Bonchev–Trinajstić information content (AvgIpc) is 3.32. The van der Waals surface area contributed by atoms with Crippen LogP contribution in [0.1, 0.15) is 23.6 Å². The fourth-order valence-electron chi connectivity index (χ4n) is 3.93. The first kappa shape index (κ1) is 20.9. The fraction of sp³-hybridized carbons (Fsp3) is 0.222. The predicted octanol–water partition coefficient (Wildman–Crippen LogP) is 4.54. The Balaban J connectivity index is 1.06. The summed E-state index contributed by atoms with van der Waals surface area (Å²) in [6, 6.07) is 28.3. The first-order valence-electron chi connectivity index (χ1n) is 11.3. The Labute approximate surface area is 193 Å². The zero-order valence-electron chi connectivity index (χ0n) is 18.4. The summed E-state index contributed by atoms with van der Waals surface area (Å²) >= 11 is 0. The lowest BCUT2D eigenvalue weighted by atomic mass is 10.1. The standard InChI is InChI=1S/C27H26N4O2/c32-27(16-13-21-11-14-25(15-12-21)33-20-22-7-3-1-4-8-22)30-17-24(18-30)31-19-26(28-29-31)23-9-5-2-6-10-23/h1-12,14-15,19,24H,13,16-18,20H2. The van der Waals surface area contributed by atoms with Crippen LogP contribution in [0.5, 0.6) is 5.75 Å².